The van der Waals surface area contributed by atoms with Gasteiger partial charge in [0.2, 0.25) is 10.0 Å². The van der Waals surface area contributed by atoms with Crippen LogP contribution in [0.4, 0.5) is 5.69 Å². The summed E-state index contributed by atoms with van der Waals surface area (Å²) in [7, 11) is -3.12. The minimum absolute atomic E-state index is 0.168. The Morgan fingerprint density at radius 1 is 1.44 bits per heavy atom. The van der Waals surface area contributed by atoms with Gasteiger partial charge < -0.3 is 10.5 Å². The van der Waals surface area contributed by atoms with Gasteiger partial charge in [0.25, 0.3) is 5.69 Å². The molecule has 9 nitrogen and oxygen atoms in total. The molecule has 140 valence electrons. The number of sulfonamides is 1. The lowest BCUT2D eigenvalue weighted by Crippen LogP contribution is -2.45. The number of carbonyl (C=O) groups excluding carboxylic acids is 1. The SMILES string of the molecule is C=CCN(CC(N)C(=O)OC)S(=O)(=O)c1ccccc1[N+](=O)[O-].CC. The fourth-order valence-corrected chi connectivity index (χ4v) is 3.42. The second-order valence-corrected chi connectivity index (χ2v) is 6.37. The molecule has 1 rings (SSSR count). The van der Waals surface area contributed by atoms with Crippen molar-refractivity contribution in [1.29, 1.82) is 0 Å². The maximum absolute atomic E-state index is 12.7. The predicted molar refractivity (Wildman–Crippen MR) is 93.4 cm³/mol. The van der Waals surface area contributed by atoms with Gasteiger partial charge in [-0.2, -0.15) is 4.31 Å². The molecule has 10 heteroatoms. The largest absolute Gasteiger partial charge is 0.468 e. The van der Waals surface area contributed by atoms with E-state index in [0.717, 1.165) is 23.5 Å². The lowest BCUT2D eigenvalue weighted by Gasteiger charge is -2.22. The fourth-order valence-electron chi connectivity index (χ4n) is 1.83. The van der Waals surface area contributed by atoms with E-state index >= 15 is 0 Å². The van der Waals surface area contributed by atoms with E-state index in [2.05, 4.69) is 11.3 Å². The number of para-hydroxylation sites is 1. The van der Waals surface area contributed by atoms with Gasteiger partial charge in [0.1, 0.15) is 6.04 Å². The van der Waals surface area contributed by atoms with Crippen LogP contribution >= 0.6 is 0 Å². The maximum Gasteiger partial charge on any atom is 0.324 e. The van der Waals surface area contributed by atoms with Gasteiger partial charge in [0, 0.05) is 19.2 Å². The zero-order chi connectivity index (χ0) is 19.6. The zero-order valence-corrected chi connectivity index (χ0v) is 15.2. The Labute approximate surface area is 147 Å². The van der Waals surface area contributed by atoms with Crippen molar-refractivity contribution >= 4 is 21.7 Å². The first kappa shape index (κ1) is 22.7. The van der Waals surface area contributed by atoms with Crippen LogP contribution in [0.2, 0.25) is 0 Å². The normalized spacial score (nSPS) is 11.9. The molecule has 1 unspecified atom stereocenters. The van der Waals surface area contributed by atoms with E-state index in [1.807, 2.05) is 13.8 Å². The molecule has 0 aliphatic carbocycles. The van der Waals surface area contributed by atoms with E-state index in [9.17, 15) is 23.3 Å². The van der Waals surface area contributed by atoms with Crippen LogP contribution in [-0.2, 0) is 19.6 Å². The minimum Gasteiger partial charge on any atom is -0.468 e. The van der Waals surface area contributed by atoms with Crippen molar-refractivity contribution in [2.24, 2.45) is 5.73 Å². The van der Waals surface area contributed by atoms with E-state index in [-0.39, 0.29) is 6.54 Å². The van der Waals surface area contributed by atoms with Crippen molar-refractivity contribution in [1.82, 2.24) is 4.31 Å². The predicted octanol–water partition coefficient (Wildman–Crippen LogP) is 1.30. The third kappa shape index (κ3) is 5.93. The van der Waals surface area contributed by atoms with Crippen LogP contribution < -0.4 is 5.73 Å². The third-order valence-corrected chi connectivity index (χ3v) is 4.80. The summed E-state index contributed by atoms with van der Waals surface area (Å²) in [6.07, 6.45) is 1.29. The van der Waals surface area contributed by atoms with Gasteiger partial charge in [-0.05, 0) is 6.07 Å². The highest BCUT2D eigenvalue weighted by atomic mass is 32.2. The number of nitro benzene ring substituents is 1. The molecular formula is C15H23N3O6S. The molecule has 0 bridgehead atoms. The molecule has 0 aliphatic rings. The first-order chi connectivity index (χ1) is 11.8. The van der Waals surface area contributed by atoms with Crippen LogP contribution in [0.15, 0.2) is 41.8 Å². The van der Waals surface area contributed by atoms with E-state index in [4.69, 9.17) is 5.73 Å². The van der Waals surface area contributed by atoms with Crippen LogP contribution in [0.1, 0.15) is 13.8 Å². The molecule has 0 aromatic heterocycles. The van der Waals surface area contributed by atoms with Crippen LogP contribution in [0.25, 0.3) is 0 Å². The van der Waals surface area contributed by atoms with Gasteiger partial charge in [0.15, 0.2) is 4.90 Å². The lowest BCUT2D eigenvalue weighted by molar-refractivity contribution is -0.387. The summed E-state index contributed by atoms with van der Waals surface area (Å²) in [5, 5.41) is 11.0. The molecule has 2 N–H and O–H groups in total. The highest BCUT2D eigenvalue weighted by Crippen LogP contribution is 2.26. The molecule has 0 radical (unpaired) electrons. The van der Waals surface area contributed by atoms with Crippen molar-refractivity contribution < 1.29 is 22.9 Å². The highest BCUT2D eigenvalue weighted by molar-refractivity contribution is 7.89. The Hall–Kier alpha value is -2.30. The number of benzene rings is 1. The topological polar surface area (TPSA) is 133 Å². The monoisotopic (exact) mass is 373 g/mol. The molecule has 1 aromatic rings. The van der Waals surface area contributed by atoms with Gasteiger partial charge in [-0.15, -0.1) is 6.58 Å². The van der Waals surface area contributed by atoms with Gasteiger partial charge in [-0.3, -0.25) is 14.9 Å². The number of nitro groups is 1. The maximum atomic E-state index is 12.7. The molecule has 0 fully saturated rings. The molecule has 0 saturated heterocycles. The average Bonchev–Trinajstić information content (AvgIpc) is 2.62. The minimum atomic E-state index is -4.24. The molecule has 0 amide bonds. The first-order valence-corrected chi connectivity index (χ1v) is 8.87. The highest BCUT2D eigenvalue weighted by Gasteiger charge is 2.33. The number of nitrogens with two attached hydrogens (primary N) is 1. The lowest BCUT2D eigenvalue weighted by atomic mass is 10.3. The number of hydrogen-bond donors (Lipinski definition) is 1. The average molecular weight is 373 g/mol. The van der Waals surface area contributed by atoms with Crippen molar-refractivity contribution in [3.8, 4) is 0 Å². The summed E-state index contributed by atoms with van der Waals surface area (Å²) < 4.78 is 30.6. The van der Waals surface area contributed by atoms with Crippen LogP contribution in [0.5, 0.6) is 0 Å². The molecule has 0 spiro atoms. The Kier molecular flexibility index (Phi) is 9.57. The molecule has 0 aliphatic heterocycles. The number of esters is 1. The van der Waals surface area contributed by atoms with E-state index in [0.29, 0.717) is 0 Å². The molecule has 1 atom stereocenters. The molecule has 1 aromatic carbocycles. The van der Waals surface area contributed by atoms with Gasteiger partial charge in [-0.1, -0.05) is 32.1 Å². The number of ether oxygens (including phenoxy) is 1. The van der Waals surface area contributed by atoms with Crippen LogP contribution in [0, 0.1) is 10.1 Å². The summed E-state index contributed by atoms with van der Waals surface area (Å²) in [6, 6.07) is 3.70. The number of carbonyl (C=O) groups is 1. The van der Waals surface area contributed by atoms with Crippen molar-refractivity contribution in [3.05, 3.63) is 47.0 Å². The fraction of sp³-hybridized carbons (Fsp3) is 0.400. The third-order valence-electron chi connectivity index (χ3n) is 2.92. The Morgan fingerprint density at radius 2 is 2.00 bits per heavy atom. The van der Waals surface area contributed by atoms with E-state index in [1.54, 1.807) is 0 Å². The molecule has 25 heavy (non-hydrogen) atoms. The first-order valence-electron chi connectivity index (χ1n) is 7.43. The quantitative estimate of drug-likeness (QED) is 0.314. The summed E-state index contributed by atoms with van der Waals surface area (Å²) in [5.74, 6) is -0.795. The number of nitrogens with zero attached hydrogens (tertiary/aromatic N) is 2. The summed E-state index contributed by atoms with van der Waals surface area (Å²) >= 11 is 0. The number of methoxy groups -OCH3 is 1. The van der Waals surface area contributed by atoms with E-state index in [1.165, 1.54) is 18.2 Å². The van der Waals surface area contributed by atoms with Crippen molar-refractivity contribution in [3.63, 3.8) is 0 Å². The Balaban J connectivity index is 0.00000277. The van der Waals surface area contributed by atoms with Crippen LogP contribution in [0.3, 0.4) is 0 Å². The van der Waals surface area contributed by atoms with Gasteiger partial charge in [0.05, 0.1) is 12.0 Å². The molecular weight excluding hydrogens is 350 g/mol. The standard InChI is InChI=1S/C13H17N3O6S.C2H6/c1-3-8-15(9-10(14)13(17)22-2)23(20,21)12-7-5-4-6-11(12)16(18)19;1-2/h3-7,10H,1,8-9,14H2,2H3;1-2H3. The van der Waals surface area contributed by atoms with E-state index < -0.39 is 44.1 Å². The summed E-state index contributed by atoms with van der Waals surface area (Å²) in [6.45, 7) is 6.88. The Bertz CT molecular complexity index is 705. The molecule has 0 heterocycles. The number of rotatable bonds is 8. The van der Waals surface area contributed by atoms with Gasteiger partial charge in [-0.25, -0.2) is 8.42 Å². The van der Waals surface area contributed by atoms with Gasteiger partial charge >= 0.3 is 5.97 Å². The Morgan fingerprint density at radius 3 is 2.48 bits per heavy atom. The van der Waals surface area contributed by atoms with Crippen LogP contribution in [-0.4, -0.2) is 49.9 Å². The molecule has 0 saturated carbocycles. The second-order valence-electron chi connectivity index (χ2n) is 4.47. The summed E-state index contributed by atoms with van der Waals surface area (Å²) in [4.78, 5) is 21.1. The van der Waals surface area contributed by atoms with Crippen molar-refractivity contribution in [2.75, 3.05) is 20.2 Å². The number of hydrogen-bond acceptors (Lipinski definition) is 7. The smallest absolute Gasteiger partial charge is 0.324 e. The van der Waals surface area contributed by atoms with Crippen molar-refractivity contribution in [2.45, 2.75) is 24.8 Å². The zero-order valence-electron chi connectivity index (χ0n) is 14.4. The second kappa shape index (κ2) is 10.5. The summed E-state index contributed by atoms with van der Waals surface area (Å²) in [5.41, 5.74) is 5.02.